The van der Waals surface area contributed by atoms with Crippen LogP contribution in [-0.4, -0.2) is 0 Å². The molecule has 3 aromatic rings. The Morgan fingerprint density at radius 1 is 0.781 bits per heavy atom. The summed E-state index contributed by atoms with van der Waals surface area (Å²) < 4.78 is 0. The van der Waals surface area contributed by atoms with Crippen LogP contribution in [0, 0.1) is 12.3 Å². The minimum absolute atomic E-state index is 0.164. The smallest absolute Gasteiger partial charge is 0.0227 e. The number of hydrogen-bond acceptors (Lipinski definition) is 0. The van der Waals surface area contributed by atoms with E-state index in [0.29, 0.717) is 5.92 Å². The van der Waals surface area contributed by atoms with E-state index in [1.165, 1.54) is 22.3 Å². The Morgan fingerprint density at radius 3 is 1.62 bits per heavy atom. The van der Waals surface area contributed by atoms with Gasteiger partial charge in [0.2, 0.25) is 0 Å². The van der Waals surface area contributed by atoms with E-state index in [2.05, 4.69) is 115 Å². The van der Waals surface area contributed by atoms with Crippen molar-refractivity contribution >= 4 is 0 Å². The zero-order valence-corrected chi connectivity index (χ0v) is 20.6. The van der Waals surface area contributed by atoms with Crippen molar-refractivity contribution in [2.75, 3.05) is 0 Å². The molecule has 32 heavy (non-hydrogen) atoms. The zero-order valence-electron chi connectivity index (χ0n) is 20.6. The Kier molecular flexibility index (Phi) is 9.27. The predicted molar refractivity (Wildman–Crippen MR) is 142 cm³/mol. The first-order chi connectivity index (χ1) is 15.3. The highest BCUT2D eigenvalue weighted by Crippen LogP contribution is 2.70. The highest BCUT2D eigenvalue weighted by molar-refractivity contribution is 5.56. The van der Waals surface area contributed by atoms with Crippen molar-refractivity contribution in [2.24, 2.45) is 5.41 Å². The van der Waals surface area contributed by atoms with Crippen molar-refractivity contribution in [2.45, 2.75) is 58.8 Å². The van der Waals surface area contributed by atoms with Gasteiger partial charge in [-0.2, -0.15) is 0 Å². The third kappa shape index (κ3) is 6.10. The molecule has 0 amide bonds. The van der Waals surface area contributed by atoms with Gasteiger partial charge in [0.15, 0.2) is 0 Å². The van der Waals surface area contributed by atoms with E-state index >= 15 is 0 Å². The molecule has 0 bridgehead atoms. The third-order valence-electron chi connectivity index (χ3n) is 6.92. The Morgan fingerprint density at radius 2 is 1.25 bits per heavy atom. The van der Waals surface area contributed by atoms with E-state index in [1.54, 1.807) is 0 Å². The molecule has 168 valence electrons. The van der Waals surface area contributed by atoms with Crippen LogP contribution in [0.2, 0.25) is 0 Å². The molecule has 2 atom stereocenters. The fourth-order valence-electron chi connectivity index (χ4n) is 4.28. The fourth-order valence-corrected chi connectivity index (χ4v) is 4.28. The summed E-state index contributed by atoms with van der Waals surface area (Å²) in [5.41, 5.74) is 5.92. The second-order valence-electron chi connectivity index (χ2n) is 9.35. The SMILES string of the molecule is C=CCCC1(C)C(=C)C1(C)c1ccccc1.CC(C)c1ccccc1.Cc1ccccc1. The summed E-state index contributed by atoms with van der Waals surface area (Å²) in [6.45, 7) is 19.2. The van der Waals surface area contributed by atoms with E-state index in [-0.39, 0.29) is 10.8 Å². The Balaban J connectivity index is 0.000000191. The van der Waals surface area contributed by atoms with Crippen molar-refractivity contribution in [3.8, 4) is 0 Å². The highest BCUT2D eigenvalue weighted by atomic mass is 14.7. The van der Waals surface area contributed by atoms with E-state index in [4.69, 9.17) is 0 Å². The molecule has 0 nitrogen and oxygen atoms in total. The van der Waals surface area contributed by atoms with Gasteiger partial charge in [-0.25, -0.2) is 0 Å². The van der Waals surface area contributed by atoms with Crippen molar-refractivity contribution in [3.05, 3.63) is 132 Å². The number of aryl methyl sites for hydroxylation is 1. The van der Waals surface area contributed by atoms with Gasteiger partial charge in [-0.05, 0) is 36.8 Å². The van der Waals surface area contributed by atoms with E-state index in [9.17, 15) is 0 Å². The molecular formula is C32H40. The third-order valence-corrected chi connectivity index (χ3v) is 6.92. The second kappa shape index (κ2) is 11.7. The fraction of sp³-hybridized carbons (Fsp3) is 0.312. The van der Waals surface area contributed by atoms with E-state index < -0.39 is 0 Å². The lowest BCUT2D eigenvalue weighted by Gasteiger charge is -2.17. The maximum Gasteiger partial charge on any atom is 0.0227 e. The van der Waals surface area contributed by atoms with Crippen LogP contribution in [0.4, 0.5) is 0 Å². The van der Waals surface area contributed by atoms with Gasteiger partial charge in [0.1, 0.15) is 0 Å². The molecule has 1 fully saturated rings. The molecule has 1 aliphatic rings. The summed E-state index contributed by atoms with van der Waals surface area (Å²) in [4.78, 5) is 0. The van der Waals surface area contributed by atoms with Crippen LogP contribution < -0.4 is 0 Å². The number of rotatable bonds is 5. The van der Waals surface area contributed by atoms with Gasteiger partial charge in [-0.3, -0.25) is 0 Å². The van der Waals surface area contributed by atoms with E-state index in [0.717, 1.165) is 12.8 Å². The molecule has 0 heteroatoms. The normalized spacial score (nSPS) is 21.0. The van der Waals surface area contributed by atoms with Gasteiger partial charge in [0.05, 0.1) is 0 Å². The average molecular weight is 425 g/mol. The molecular weight excluding hydrogens is 384 g/mol. The molecule has 0 aromatic heterocycles. The van der Waals surface area contributed by atoms with Gasteiger partial charge < -0.3 is 0 Å². The topological polar surface area (TPSA) is 0 Å². The van der Waals surface area contributed by atoms with Crippen LogP contribution in [0.25, 0.3) is 0 Å². The maximum absolute atomic E-state index is 4.27. The molecule has 2 unspecified atom stereocenters. The summed E-state index contributed by atoms with van der Waals surface area (Å²) in [6, 6.07) is 31.5. The van der Waals surface area contributed by atoms with E-state index in [1.807, 2.05) is 30.3 Å². The lowest BCUT2D eigenvalue weighted by Crippen LogP contribution is -2.11. The van der Waals surface area contributed by atoms with Crippen LogP contribution in [0.3, 0.4) is 0 Å². The molecule has 0 aliphatic heterocycles. The largest absolute Gasteiger partial charge is 0.103 e. The van der Waals surface area contributed by atoms with Crippen LogP contribution >= 0.6 is 0 Å². The summed E-state index contributed by atoms with van der Waals surface area (Å²) in [7, 11) is 0. The van der Waals surface area contributed by atoms with Gasteiger partial charge in [-0.1, -0.05) is 142 Å². The predicted octanol–water partition coefficient (Wildman–Crippen LogP) is 9.29. The molecule has 0 radical (unpaired) electrons. The molecule has 4 rings (SSSR count). The highest BCUT2D eigenvalue weighted by Gasteiger charge is 2.64. The van der Waals surface area contributed by atoms with Crippen molar-refractivity contribution in [3.63, 3.8) is 0 Å². The first kappa shape index (κ1) is 25.4. The maximum atomic E-state index is 4.27. The second-order valence-corrected chi connectivity index (χ2v) is 9.35. The summed E-state index contributed by atoms with van der Waals surface area (Å²) in [6.07, 6.45) is 4.22. The van der Waals surface area contributed by atoms with Crippen molar-refractivity contribution in [1.29, 1.82) is 0 Å². The van der Waals surface area contributed by atoms with Gasteiger partial charge in [-0.15, -0.1) is 6.58 Å². The molecule has 0 spiro atoms. The lowest BCUT2D eigenvalue weighted by atomic mass is 9.86. The number of hydrogen-bond donors (Lipinski definition) is 0. The summed E-state index contributed by atoms with van der Waals surface area (Å²) >= 11 is 0. The molecule has 1 aliphatic carbocycles. The minimum atomic E-state index is 0.164. The molecule has 0 N–H and O–H groups in total. The van der Waals surface area contributed by atoms with Gasteiger partial charge in [0, 0.05) is 10.8 Å². The monoisotopic (exact) mass is 424 g/mol. The first-order valence-corrected chi connectivity index (χ1v) is 11.7. The summed E-state index contributed by atoms with van der Waals surface area (Å²) in [5, 5.41) is 0. The van der Waals surface area contributed by atoms with Crippen LogP contribution in [-0.2, 0) is 5.41 Å². The standard InChI is InChI=1S/C16H20.C9H12.C7H8/c1-5-6-12-15(3)13(2)16(15,4)14-10-8-7-9-11-14;1-8(2)9-6-4-3-5-7-9;1-7-5-3-2-4-6-7/h5,7-11H,1-2,6,12H2,3-4H3;3-8H,1-2H3;2-6H,1H3. The first-order valence-electron chi connectivity index (χ1n) is 11.7. The number of allylic oxidation sites excluding steroid dienone is 2. The van der Waals surface area contributed by atoms with Crippen molar-refractivity contribution < 1.29 is 0 Å². The Bertz CT molecular complexity index is 953. The molecule has 0 heterocycles. The molecule has 3 aromatic carbocycles. The van der Waals surface area contributed by atoms with Crippen LogP contribution in [0.15, 0.2) is 116 Å². The Labute approximate surface area is 196 Å². The van der Waals surface area contributed by atoms with Crippen LogP contribution in [0.1, 0.15) is 63.1 Å². The lowest BCUT2D eigenvalue weighted by molar-refractivity contribution is 0.449. The van der Waals surface area contributed by atoms with Gasteiger partial charge >= 0.3 is 0 Å². The molecule has 0 saturated heterocycles. The molecule has 1 saturated carbocycles. The quantitative estimate of drug-likeness (QED) is 0.358. The zero-order chi connectivity index (χ0) is 23.6. The number of benzene rings is 3. The average Bonchev–Trinajstić information content (AvgIpc) is 3.27. The Hall–Kier alpha value is -2.86. The minimum Gasteiger partial charge on any atom is -0.103 e. The van der Waals surface area contributed by atoms with Crippen LogP contribution in [0.5, 0.6) is 0 Å². The van der Waals surface area contributed by atoms with Gasteiger partial charge in [0.25, 0.3) is 0 Å². The summed E-state index contributed by atoms with van der Waals surface area (Å²) in [5.74, 6) is 0.659. The van der Waals surface area contributed by atoms with Crippen molar-refractivity contribution in [1.82, 2.24) is 0 Å².